The van der Waals surface area contributed by atoms with E-state index in [0.717, 1.165) is 35.1 Å². The number of aryl methyl sites for hydroxylation is 2. The fraction of sp³-hybridized carbons (Fsp3) is 0.333. The number of hydrogen-bond donors (Lipinski definition) is 1. The molecule has 0 saturated heterocycles. The Morgan fingerprint density at radius 2 is 2.03 bits per heavy atom. The summed E-state index contributed by atoms with van der Waals surface area (Å²) in [5.41, 5.74) is 2.55. The molecule has 0 aliphatic carbocycles. The van der Waals surface area contributed by atoms with Gasteiger partial charge in [-0.3, -0.25) is 4.79 Å². The second kappa shape index (κ2) is 7.52. The van der Waals surface area contributed by atoms with Crippen LogP contribution < -0.4 is 20.4 Å². The van der Waals surface area contributed by atoms with E-state index in [0.29, 0.717) is 22.6 Å². The summed E-state index contributed by atoms with van der Waals surface area (Å²) >= 11 is 0. The minimum Gasteiger partial charge on any atom is -0.497 e. The normalized spacial score (nSPS) is 14.7. The molecule has 4 rings (SSSR count). The summed E-state index contributed by atoms with van der Waals surface area (Å²) in [6.45, 7) is 5.95. The number of anilines is 1. The van der Waals surface area contributed by atoms with Gasteiger partial charge in [0.1, 0.15) is 22.7 Å². The molecule has 6 heteroatoms. The topological polar surface area (TPSA) is 77.8 Å². The first-order valence-corrected chi connectivity index (χ1v) is 9.98. The summed E-state index contributed by atoms with van der Waals surface area (Å²) in [6.07, 6.45) is 1.74. The van der Waals surface area contributed by atoms with Gasteiger partial charge in [0.15, 0.2) is 0 Å². The van der Waals surface area contributed by atoms with Crippen molar-refractivity contribution in [1.82, 2.24) is 0 Å². The summed E-state index contributed by atoms with van der Waals surface area (Å²) in [5.74, 6) is 1.11. The summed E-state index contributed by atoms with van der Waals surface area (Å²) in [4.78, 5) is 25.2. The molecule has 6 nitrogen and oxygen atoms in total. The lowest BCUT2D eigenvalue weighted by Crippen LogP contribution is -2.32. The van der Waals surface area contributed by atoms with Crippen molar-refractivity contribution in [2.75, 3.05) is 12.4 Å². The second-order valence-electron chi connectivity index (χ2n) is 8.27. The third-order valence-corrected chi connectivity index (χ3v) is 5.54. The van der Waals surface area contributed by atoms with E-state index in [1.807, 2.05) is 26.8 Å². The lowest BCUT2D eigenvalue weighted by atomic mass is 9.92. The van der Waals surface area contributed by atoms with E-state index in [-0.39, 0.29) is 17.9 Å². The Hall–Kier alpha value is -3.28. The van der Waals surface area contributed by atoms with Crippen LogP contribution >= 0.6 is 0 Å². The van der Waals surface area contributed by atoms with Crippen LogP contribution in [0.5, 0.6) is 11.5 Å². The van der Waals surface area contributed by atoms with Crippen molar-refractivity contribution in [3.05, 3.63) is 63.5 Å². The van der Waals surface area contributed by atoms with E-state index in [2.05, 4.69) is 5.32 Å². The molecule has 1 aliphatic rings. The Kier molecular flexibility index (Phi) is 5.02. The predicted molar refractivity (Wildman–Crippen MR) is 116 cm³/mol. The maximum absolute atomic E-state index is 12.6. The Morgan fingerprint density at radius 1 is 1.23 bits per heavy atom. The van der Waals surface area contributed by atoms with Crippen LogP contribution in [-0.2, 0) is 17.6 Å². The molecule has 0 atom stereocenters. The summed E-state index contributed by atoms with van der Waals surface area (Å²) in [7, 11) is 1.56. The smallest absolute Gasteiger partial charge is 0.340 e. The first kappa shape index (κ1) is 20.0. The van der Waals surface area contributed by atoms with Crippen LogP contribution in [0.25, 0.3) is 11.0 Å². The van der Waals surface area contributed by atoms with Crippen LogP contribution in [0.4, 0.5) is 5.69 Å². The molecule has 0 unspecified atom stereocenters. The van der Waals surface area contributed by atoms with Crippen molar-refractivity contribution in [2.24, 2.45) is 0 Å². The summed E-state index contributed by atoms with van der Waals surface area (Å²) in [5, 5.41) is 3.64. The number of benzene rings is 2. The molecule has 0 saturated carbocycles. The van der Waals surface area contributed by atoms with Gasteiger partial charge in [-0.25, -0.2) is 4.79 Å². The maximum atomic E-state index is 12.6. The van der Waals surface area contributed by atoms with Crippen LogP contribution in [-0.4, -0.2) is 18.6 Å². The lowest BCUT2D eigenvalue weighted by molar-refractivity contribution is -0.115. The minimum atomic E-state index is -0.504. The molecule has 0 radical (unpaired) electrons. The van der Waals surface area contributed by atoms with Crippen LogP contribution in [0.2, 0.25) is 0 Å². The molecule has 0 spiro atoms. The number of amides is 1. The van der Waals surface area contributed by atoms with Crippen molar-refractivity contribution in [3.8, 4) is 11.5 Å². The van der Waals surface area contributed by atoms with Crippen molar-refractivity contribution in [3.63, 3.8) is 0 Å². The average molecular weight is 407 g/mol. The Labute approximate surface area is 174 Å². The van der Waals surface area contributed by atoms with Gasteiger partial charge in [-0.05, 0) is 62.9 Å². The molecular formula is C24H25NO5. The minimum absolute atomic E-state index is 0.0675. The number of ether oxygens (including phenoxy) is 2. The zero-order valence-corrected chi connectivity index (χ0v) is 17.6. The van der Waals surface area contributed by atoms with E-state index in [1.165, 1.54) is 0 Å². The number of carbonyl (C=O) groups excluding carboxylic acids is 1. The van der Waals surface area contributed by atoms with Gasteiger partial charge in [-0.2, -0.15) is 0 Å². The molecule has 1 N–H and O–H groups in total. The molecule has 3 aromatic rings. The number of nitrogens with one attached hydrogen (secondary N) is 1. The first-order valence-electron chi connectivity index (χ1n) is 9.98. The molecular weight excluding hydrogens is 382 g/mol. The number of rotatable bonds is 4. The number of carbonyl (C=O) groups is 1. The highest BCUT2D eigenvalue weighted by atomic mass is 16.5. The standard InChI is InChI=1S/C24H25NO5/c1-14-18-10-15-8-9-24(2,3)30-20(15)13-21(18)29-23(27)19(14)12-22(26)25-16-6-5-7-17(11-16)28-4/h5-7,10-11,13H,8-9,12H2,1-4H3,(H,25,26). The lowest BCUT2D eigenvalue weighted by Gasteiger charge is -2.32. The largest absolute Gasteiger partial charge is 0.497 e. The van der Waals surface area contributed by atoms with Crippen molar-refractivity contribution < 1.29 is 18.7 Å². The van der Waals surface area contributed by atoms with Gasteiger partial charge in [0, 0.05) is 23.2 Å². The van der Waals surface area contributed by atoms with E-state index < -0.39 is 5.63 Å². The van der Waals surface area contributed by atoms with E-state index >= 15 is 0 Å². The van der Waals surface area contributed by atoms with Gasteiger partial charge in [0.2, 0.25) is 5.91 Å². The van der Waals surface area contributed by atoms with Crippen molar-refractivity contribution in [2.45, 2.75) is 45.6 Å². The van der Waals surface area contributed by atoms with Gasteiger partial charge in [-0.15, -0.1) is 0 Å². The zero-order valence-electron chi connectivity index (χ0n) is 17.6. The van der Waals surface area contributed by atoms with Crippen LogP contribution in [0, 0.1) is 6.92 Å². The fourth-order valence-electron chi connectivity index (χ4n) is 3.81. The highest BCUT2D eigenvalue weighted by Gasteiger charge is 2.27. The number of hydrogen-bond acceptors (Lipinski definition) is 5. The van der Waals surface area contributed by atoms with Gasteiger partial charge >= 0.3 is 5.63 Å². The molecule has 156 valence electrons. The number of fused-ring (bicyclic) bond motifs is 2. The molecule has 30 heavy (non-hydrogen) atoms. The second-order valence-corrected chi connectivity index (χ2v) is 8.27. The summed E-state index contributed by atoms with van der Waals surface area (Å²) < 4.78 is 16.8. The third kappa shape index (κ3) is 3.90. The molecule has 2 heterocycles. The van der Waals surface area contributed by atoms with Gasteiger partial charge < -0.3 is 19.2 Å². The van der Waals surface area contributed by atoms with Gasteiger partial charge in [0.05, 0.1) is 19.1 Å². The average Bonchev–Trinajstić information content (AvgIpc) is 2.69. The predicted octanol–water partition coefficient (Wildman–Crippen LogP) is 4.39. The first-order chi connectivity index (χ1) is 14.3. The Bertz CT molecular complexity index is 1190. The highest BCUT2D eigenvalue weighted by Crippen LogP contribution is 2.36. The molecule has 1 aliphatic heterocycles. The fourth-order valence-corrected chi connectivity index (χ4v) is 3.81. The molecule has 1 amide bonds. The van der Waals surface area contributed by atoms with E-state index in [9.17, 15) is 9.59 Å². The van der Waals surface area contributed by atoms with Crippen LogP contribution in [0.3, 0.4) is 0 Å². The van der Waals surface area contributed by atoms with E-state index in [4.69, 9.17) is 13.9 Å². The highest BCUT2D eigenvalue weighted by molar-refractivity contribution is 5.93. The molecule has 0 fully saturated rings. The number of methoxy groups -OCH3 is 1. The van der Waals surface area contributed by atoms with Crippen molar-refractivity contribution in [1.29, 1.82) is 0 Å². The molecule has 1 aromatic heterocycles. The van der Waals surface area contributed by atoms with Crippen LogP contribution in [0.1, 0.15) is 37.0 Å². The quantitative estimate of drug-likeness (QED) is 0.649. The van der Waals surface area contributed by atoms with Crippen molar-refractivity contribution >= 4 is 22.6 Å². The third-order valence-electron chi connectivity index (χ3n) is 5.54. The van der Waals surface area contributed by atoms with E-state index in [1.54, 1.807) is 37.4 Å². The van der Waals surface area contributed by atoms with Crippen LogP contribution in [0.15, 0.2) is 45.6 Å². The SMILES string of the molecule is COc1cccc(NC(=O)Cc2c(C)c3cc4c(cc3oc2=O)OC(C)(C)CC4)c1. The summed E-state index contributed by atoms with van der Waals surface area (Å²) in [6, 6.07) is 10.9. The van der Waals surface area contributed by atoms with Gasteiger partial charge in [0.25, 0.3) is 0 Å². The Balaban J connectivity index is 1.64. The monoisotopic (exact) mass is 407 g/mol. The molecule has 0 bridgehead atoms. The zero-order chi connectivity index (χ0) is 21.5. The molecule has 2 aromatic carbocycles. The van der Waals surface area contributed by atoms with Gasteiger partial charge in [-0.1, -0.05) is 6.07 Å². The Morgan fingerprint density at radius 3 is 2.80 bits per heavy atom. The maximum Gasteiger partial charge on any atom is 0.340 e.